The summed E-state index contributed by atoms with van der Waals surface area (Å²) >= 11 is 1.85. The summed E-state index contributed by atoms with van der Waals surface area (Å²) < 4.78 is 0.928. The van der Waals surface area contributed by atoms with Gasteiger partial charge in [0.25, 0.3) is 0 Å². The zero-order valence-electron chi connectivity index (χ0n) is 3.72. The number of hydrogen-bond acceptors (Lipinski definition) is 0. The molecule has 1 heteroatoms. The van der Waals surface area contributed by atoms with Crippen molar-refractivity contribution in [3.8, 4) is 0 Å². The molecule has 0 spiro atoms. The summed E-state index contributed by atoms with van der Waals surface area (Å²) in [6.07, 6.45) is 7.30. The van der Waals surface area contributed by atoms with E-state index < -0.39 is 0 Å². The van der Waals surface area contributed by atoms with Gasteiger partial charge in [0.15, 0.2) is 0 Å². The molecular weight excluding hydrogens is 135 g/mol. The zero-order chi connectivity index (χ0) is 4.41. The van der Waals surface area contributed by atoms with E-state index in [9.17, 15) is 0 Å². The molecule has 0 nitrogen and oxygen atoms in total. The van der Waals surface area contributed by atoms with Gasteiger partial charge >= 0.3 is 46.6 Å². The molecule has 0 aromatic rings. The molecule has 2 atom stereocenters. The normalized spacial score (nSPS) is 31.8. The van der Waals surface area contributed by atoms with E-state index in [4.69, 9.17) is 0 Å². The van der Waals surface area contributed by atoms with Crippen LogP contribution >= 0.6 is 0 Å². The second-order valence-corrected chi connectivity index (χ2v) is 3.47. The van der Waals surface area contributed by atoms with Crippen molar-refractivity contribution in [2.24, 2.45) is 0 Å². The molecule has 0 radical (unpaired) electrons. The molecule has 1 rings (SSSR count). The summed E-state index contributed by atoms with van der Waals surface area (Å²) in [5.41, 5.74) is 0. The molecule has 0 amide bonds. The molecule has 2 unspecified atom stereocenters. The summed E-state index contributed by atoms with van der Waals surface area (Å²) in [7, 11) is 0. The van der Waals surface area contributed by atoms with Gasteiger partial charge in [0.2, 0.25) is 0 Å². The van der Waals surface area contributed by atoms with Crippen LogP contribution in [0.15, 0.2) is 12.2 Å². The van der Waals surface area contributed by atoms with Gasteiger partial charge in [0.05, 0.1) is 0 Å². The number of rotatable bonds is 0. The molecular formula is C5H9As. The minimum atomic E-state index is 0.928. The van der Waals surface area contributed by atoms with Gasteiger partial charge in [0, 0.05) is 0 Å². The first-order chi connectivity index (χ1) is 2.89. The third-order valence-corrected chi connectivity index (χ3v) is 2.22. The van der Waals surface area contributed by atoms with E-state index >= 15 is 0 Å². The Morgan fingerprint density at radius 1 is 1.67 bits per heavy atom. The van der Waals surface area contributed by atoms with Crippen molar-refractivity contribution in [1.82, 2.24) is 0 Å². The van der Waals surface area contributed by atoms with Gasteiger partial charge < -0.3 is 0 Å². The van der Waals surface area contributed by atoms with Crippen molar-refractivity contribution >= 4 is 16.9 Å². The fourth-order valence-corrected chi connectivity index (χ4v) is 1.39. The Balaban J connectivity index is 2.38. The average Bonchev–Trinajstić information content (AvgIpc) is 1.86. The van der Waals surface area contributed by atoms with Gasteiger partial charge in [-0.25, -0.2) is 0 Å². The predicted octanol–water partition coefficient (Wildman–Crippen LogP) is 0.758. The molecule has 0 aromatic carbocycles. The quantitative estimate of drug-likeness (QED) is 0.347. The van der Waals surface area contributed by atoms with Crippen LogP contribution in [0.2, 0.25) is 4.71 Å². The van der Waals surface area contributed by atoms with Gasteiger partial charge in [-0.1, -0.05) is 0 Å². The van der Waals surface area contributed by atoms with Crippen LogP contribution in [-0.2, 0) is 0 Å². The Morgan fingerprint density at radius 2 is 2.50 bits per heavy atom. The second kappa shape index (κ2) is 1.84. The van der Waals surface area contributed by atoms with Gasteiger partial charge in [0.1, 0.15) is 0 Å². The summed E-state index contributed by atoms with van der Waals surface area (Å²) in [5, 5.41) is 0. The predicted molar refractivity (Wildman–Crippen MR) is 30.7 cm³/mol. The maximum absolute atomic E-state index is 2.31. The van der Waals surface area contributed by atoms with E-state index in [2.05, 4.69) is 12.2 Å². The first kappa shape index (κ1) is 4.46. The third kappa shape index (κ3) is 0.878. The van der Waals surface area contributed by atoms with Crippen molar-refractivity contribution in [3.05, 3.63) is 12.2 Å². The van der Waals surface area contributed by atoms with Crippen LogP contribution in [0.1, 0.15) is 12.8 Å². The Morgan fingerprint density at radius 3 is 2.67 bits per heavy atom. The summed E-state index contributed by atoms with van der Waals surface area (Å²) in [6, 6.07) is 0. The molecule has 0 bridgehead atoms. The van der Waals surface area contributed by atoms with Gasteiger partial charge in [-0.15, -0.1) is 0 Å². The molecule has 1 aliphatic rings. The van der Waals surface area contributed by atoms with E-state index in [0.717, 1.165) is 4.71 Å². The van der Waals surface area contributed by atoms with E-state index in [0.29, 0.717) is 0 Å². The molecule has 0 aromatic heterocycles. The molecule has 0 N–H and O–H groups in total. The SMILES string of the molecule is [AsH2]C1C=CCC1. The summed E-state index contributed by atoms with van der Waals surface area (Å²) in [4.78, 5) is 0. The monoisotopic (exact) mass is 144 g/mol. The van der Waals surface area contributed by atoms with Crippen LogP contribution < -0.4 is 0 Å². The topological polar surface area (TPSA) is 0 Å². The fraction of sp³-hybridized carbons (Fsp3) is 0.600. The molecule has 0 fully saturated rings. The molecule has 0 aliphatic heterocycles. The van der Waals surface area contributed by atoms with Gasteiger partial charge in [-0.3, -0.25) is 0 Å². The zero-order valence-corrected chi connectivity index (χ0v) is 6.15. The molecule has 0 heterocycles. The van der Waals surface area contributed by atoms with E-state index in [1.54, 1.807) is 0 Å². The van der Waals surface area contributed by atoms with Crippen LogP contribution in [0.3, 0.4) is 0 Å². The van der Waals surface area contributed by atoms with Gasteiger partial charge in [-0.05, 0) is 0 Å². The molecule has 6 heavy (non-hydrogen) atoms. The Labute approximate surface area is 47.1 Å². The van der Waals surface area contributed by atoms with Crippen LogP contribution in [0, 0.1) is 0 Å². The second-order valence-electron chi connectivity index (χ2n) is 1.67. The van der Waals surface area contributed by atoms with Crippen molar-refractivity contribution in [2.45, 2.75) is 17.5 Å². The van der Waals surface area contributed by atoms with Crippen molar-refractivity contribution in [2.75, 3.05) is 0 Å². The van der Waals surface area contributed by atoms with Crippen molar-refractivity contribution in [1.29, 1.82) is 0 Å². The van der Waals surface area contributed by atoms with E-state index in [1.807, 2.05) is 16.9 Å². The van der Waals surface area contributed by atoms with Crippen LogP contribution in [0.4, 0.5) is 0 Å². The van der Waals surface area contributed by atoms with Crippen LogP contribution in [0.25, 0.3) is 0 Å². The first-order valence-electron chi connectivity index (χ1n) is 2.32. The van der Waals surface area contributed by atoms with Crippen molar-refractivity contribution in [3.63, 3.8) is 0 Å². The van der Waals surface area contributed by atoms with E-state index in [1.165, 1.54) is 12.8 Å². The minimum absolute atomic E-state index is 0.928. The Hall–Kier alpha value is 0.298. The van der Waals surface area contributed by atoms with E-state index in [-0.39, 0.29) is 0 Å². The Kier molecular flexibility index (Phi) is 1.37. The summed E-state index contributed by atoms with van der Waals surface area (Å²) in [5.74, 6) is 0. The maximum atomic E-state index is 2.31. The number of hydrogen-bond donors (Lipinski definition) is 0. The fourth-order valence-electron chi connectivity index (χ4n) is 0.656. The summed E-state index contributed by atoms with van der Waals surface area (Å²) in [6.45, 7) is 0. The van der Waals surface area contributed by atoms with Crippen LogP contribution in [0.5, 0.6) is 0 Å². The average molecular weight is 144 g/mol. The molecule has 0 saturated carbocycles. The molecule has 0 saturated heterocycles. The third-order valence-electron chi connectivity index (χ3n) is 1.05. The van der Waals surface area contributed by atoms with Gasteiger partial charge in [-0.2, -0.15) is 0 Å². The Bertz CT molecular complexity index is 66.3. The van der Waals surface area contributed by atoms with Crippen molar-refractivity contribution < 1.29 is 0 Å². The first-order valence-corrected chi connectivity index (χ1v) is 3.72. The molecule has 1 aliphatic carbocycles. The standard InChI is InChI=1S/C5H9As/c6-5-3-1-2-4-5/h1,3,5H,2,4,6H2. The number of allylic oxidation sites excluding steroid dienone is 2. The molecule has 34 valence electrons. The van der Waals surface area contributed by atoms with Crippen LogP contribution in [-0.4, -0.2) is 16.9 Å².